The number of likely N-dealkylation sites (N-methyl/N-ethyl adjacent to an activating group) is 1. The highest BCUT2D eigenvalue weighted by Gasteiger charge is 2.19. The Morgan fingerprint density at radius 2 is 2.04 bits per heavy atom. The second-order valence-electron chi connectivity index (χ2n) is 6.07. The molecule has 3 rings (SSSR count). The number of aromatic nitrogens is 1. The normalized spacial score (nSPS) is 14.8. The van der Waals surface area contributed by atoms with Gasteiger partial charge in [-0.1, -0.05) is 6.07 Å². The highest BCUT2D eigenvalue weighted by Crippen LogP contribution is 2.33. The lowest BCUT2D eigenvalue weighted by molar-refractivity contribution is 0.329. The lowest BCUT2D eigenvalue weighted by atomic mass is 10.2. The molecule has 0 bridgehead atoms. The van der Waals surface area contributed by atoms with Crippen molar-refractivity contribution in [3.8, 4) is 0 Å². The number of benzene rings is 1. The maximum atomic E-state index is 12.2. The number of hydrazine groups is 1. The summed E-state index contributed by atoms with van der Waals surface area (Å²) in [5.41, 5.74) is 6.15. The summed E-state index contributed by atoms with van der Waals surface area (Å²) >= 11 is 0. The Morgan fingerprint density at radius 3 is 2.68 bits per heavy atom. The molecule has 1 aliphatic rings. The van der Waals surface area contributed by atoms with Crippen molar-refractivity contribution in [1.29, 1.82) is 0 Å². The Morgan fingerprint density at radius 1 is 1.24 bits per heavy atom. The second kappa shape index (κ2) is 6.73. The van der Waals surface area contributed by atoms with Gasteiger partial charge in [0.15, 0.2) is 9.84 Å². The van der Waals surface area contributed by atoms with Gasteiger partial charge in [0.2, 0.25) is 0 Å². The van der Waals surface area contributed by atoms with Crippen LogP contribution < -0.4 is 16.1 Å². The molecule has 2 aromatic rings. The fourth-order valence-electron chi connectivity index (χ4n) is 2.59. The summed E-state index contributed by atoms with van der Waals surface area (Å²) in [5.74, 6) is 0.657. The van der Waals surface area contributed by atoms with E-state index in [1.165, 1.54) is 6.26 Å². The molecule has 0 amide bonds. The number of anilines is 3. The highest BCUT2D eigenvalue weighted by atomic mass is 32.2. The summed E-state index contributed by atoms with van der Waals surface area (Å²) in [5, 5.41) is 8.34. The molecule has 0 fully saturated rings. The van der Waals surface area contributed by atoms with Crippen LogP contribution in [0.3, 0.4) is 0 Å². The van der Waals surface area contributed by atoms with Crippen LogP contribution in [0.15, 0.2) is 53.3 Å². The lowest BCUT2D eigenvalue weighted by Crippen LogP contribution is -2.25. The van der Waals surface area contributed by atoms with Crippen LogP contribution in [0.5, 0.6) is 0 Å². The fraction of sp³-hybridized carbons (Fsp3) is 0.235. The predicted molar refractivity (Wildman–Crippen MR) is 99.3 cm³/mol. The predicted octanol–water partition coefficient (Wildman–Crippen LogP) is 2.24. The van der Waals surface area contributed by atoms with Crippen molar-refractivity contribution in [2.45, 2.75) is 11.8 Å². The third-order valence-corrected chi connectivity index (χ3v) is 4.90. The average molecular weight is 359 g/mol. The fourth-order valence-corrected chi connectivity index (χ4v) is 3.44. The molecule has 0 radical (unpaired) electrons. The number of nitrogens with one attached hydrogen (secondary N) is 3. The number of para-hydroxylation sites is 1. The van der Waals surface area contributed by atoms with Crippen molar-refractivity contribution < 1.29 is 8.42 Å². The minimum atomic E-state index is -3.40. The zero-order valence-corrected chi connectivity index (χ0v) is 15.2. The molecule has 0 saturated carbocycles. The van der Waals surface area contributed by atoms with Gasteiger partial charge in [0, 0.05) is 31.4 Å². The van der Waals surface area contributed by atoms with Crippen LogP contribution in [0.25, 0.3) is 0 Å². The Kier molecular flexibility index (Phi) is 4.65. The van der Waals surface area contributed by atoms with E-state index in [2.05, 4.69) is 21.0 Å². The van der Waals surface area contributed by atoms with Crippen molar-refractivity contribution >= 4 is 27.0 Å². The van der Waals surface area contributed by atoms with E-state index >= 15 is 0 Å². The van der Waals surface area contributed by atoms with Crippen molar-refractivity contribution in [2.75, 3.05) is 30.5 Å². The van der Waals surface area contributed by atoms with E-state index in [1.54, 1.807) is 18.3 Å². The quantitative estimate of drug-likeness (QED) is 0.755. The molecular formula is C17H21N5O2S. The molecule has 2 heterocycles. The minimum Gasteiger partial charge on any atom is -0.354 e. The van der Waals surface area contributed by atoms with E-state index in [0.717, 1.165) is 11.3 Å². The number of pyridine rings is 1. The monoisotopic (exact) mass is 359 g/mol. The Bertz CT molecular complexity index is 924. The molecule has 0 aliphatic carbocycles. The Balaban J connectivity index is 2.02. The Labute approximate surface area is 147 Å². The van der Waals surface area contributed by atoms with Crippen LogP contribution in [0, 0.1) is 6.92 Å². The van der Waals surface area contributed by atoms with Crippen LogP contribution >= 0.6 is 0 Å². The van der Waals surface area contributed by atoms with Gasteiger partial charge in [-0.15, -0.1) is 0 Å². The summed E-state index contributed by atoms with van der Waals surface area (Å²) in [4.78, 5) is 4.52. The van der Waals surface area contributed by atoms with Crippen LogP contribution in [-0.2, 0) is 9.84 Å². The summed E-state index contributed by atoms with van der Waals surface area (Å²) < 4.78 is 24.4. The average Bonchev–Trinajstić information content (AvgIpc) is 2.93. The van der Waals surface area contributed by atoms with Crippen LogP contribution in [0.4, 0.5) is 17.2 Å². The van der Waals surface area contributed by atoms with Crippen molar-refractivity contribution in [3.05, 3.63) is 54.0 Å². The number of hydrogen-bond donors (Lipinski definition) is 3. The number of sulfone groups is 1. The first-order chi connectivity index (χ1) is 11.8. The maximum absolute atomic E-state index is 12.2. The van der Waals surface area contributed by atoms with Gasteiger partial charge in [-0.3, -0.25) is 0 Å². The van der Waals surface area contributed by atoms with E-state index in [4.69, 9.17) is 0 Å². The van der Waals surface area contributed by atoms with Gasteiger partial charge >= 0.3 is 0 Å². The van der Waals surface area contributed by atoms with Crippen molar-refractivity contribution in [1.82, 2.24) is 15.4 Å². The first kappa shape index (κ1) is 17.2. The molecule has 1 aliphatic heterocycles. The van der Waals surface area contributed by atoms with Crippen LogP contribution in [0.1, 0.15) is 5.56 Å². The molecule has 25 heavy (non-hydrogen) atoms. The maximum Gasteiger partial charge on any atom is 0.177 e. The third kappa shape index (κ3) is 4.09. The molecule has 0 saturated heterocycles. The summed E-state index contributed by atoms with van der Waals surface area (Å²) in [6.07, 6.45) is 4.73. The topological polar surface area (TPSA) is 86.4 Å². The van der Waals surface area contributed by atoms with Gasteiger partial charge in [-0.2, -0.15) is 0 Å². The zero-order valence-electron chi connectivity index (χ0n) is 14.4. The summed E-state index contributed by atoms with van der Waals surface area (Å²) in [6, 6.07) is 8.95. The van der Waals surface area contributed by atoms with E-state index in [-0.39, 0.29) is 4.90 Å². The van der Waals surface area contributed by atoms with Crippen molar-refractivity contribution in [2.24, 2.45) is 0 Å². The molecule has 0 atom stereocenters. The van der Waals surface area contributed by atoms with Gasteiger partial charge in [-0.05, 0) is 36.8 Å². The standard InChI is InChI=1S/C17H21N5O2S/c1-12-7-8-18-16(9-12)21-14-5-4-6-15(25(3,23)24)17(14)20-13-10-19-22(2)11-13/h4-10,19-20H,11H2,1-3H3,(H,18,21). The molecule has 3 N–H and O–H groups in total. The van der Waals surface area contributed by atoms with Gasteiger partial charge < -0.3 is 16.1 Å². The van der Waals surface area contributed by atoms with Gasteiger partial charge in [0.25, 0.3) is 0 Å². The highest BCUT2D eigenvalue weighted by molar-refractivity contribution is 7.90. The number of aryl methyl sites for hydroxylation is 1. The zero-order chi connectivity index (χ0) is 18.0. The SMILES string of the molecule is Cc1ccnc(Nc2cccc(S(C)(=O)=O)c2NC2=CNN(C)C2)c1. The summed E-state index contributed by atoms with van der Waals surface area (Å²) in [6.45, 7) is 2.62. The number of nitrogens with zero attached hydrogens (tertiary/aromatic N) is 2. The molecule has 1 aromatic carbocycles. The van der Waals surface area contributed by atoms with E-state index < -0.39 is 9.84 Å². The van der Waals surface area contributed by atoms with E-state index in [1.807, 2.05) is 43.4 Å². The molecule has 1 aromatic heterocycles. The smallest absolute Gasteiger partial charge is 0.177 e. The van der Waals surface area contributed by atoms with Gasteiger partial charge in [-0.25, -0.2) is 18.4 Å². The molecule has 132 valence electrons. The summed E-state index contributed by atoms with van der Waals surface area (Å²) in [7, 11) is -1.49. The third-order valence-electron chi connectivity index (χ3n) is 3.76. The molecule has 8 heteroatoms. The lowest BCUT2D eigenvalue weighted by Gasteiger charge is -2.17. The van der Waals surface area contributed by atoms with Crippen LogP contribution in [-0.4, -0.2) is 38.3 Å². The van der Waals surface area contributed by atoms with Crippen LogP contribution in [0.2, 0.25) is 0 Å². The first-order valence-electron chi connectivity index (χ1n) is 7.79. The first-order valence-corrected chi connectivity index (χ1v) is 9.68. The molecule has 0 spiro atoms. The second-order valence-corrected chi connectivity index (χ2v) is 8.06. The largest absolute Gasteiger partial charge is 0.354 e. The molecule has 7 nitrogen and oxygen atoms in total. The van der Waals surface area contributed by atoms with Gasteiger partial charge in [0.1, 0.15) is 5.82 Å². The van der Waals surface area contributed by atoms with E-state index in [0.29, 0.717) is 23.7 Å². The van der Waals surface area contributed by atoms with E-state index in [9.17, 15) is 8.42 Å². The Hall–Kier alpha value is -2.58. The van der Waals surface area contributed by atoms with Gasteiger partial charge in [0.05, 0.1) is 22.8 Å². The number of hydrogen-bond acceptors (Lipinski definition) is 7. The molecule has 0 unspecified atom stereocenters. The van der Waals surface area contributed by atoms with Crippen molar-refractivity contribution in [3.63, 3.8) is 0 Å². The minimum absolute atomic E-state index is 0.237. The molecular weight excluding hydrogens is 338 g/mol. The number of rotatable bonds is 5.